The second-order valence-electron chi connectivity index (χ2n) is 24.1. The Bertz CT molecular complexity index is 1610. The summed E-state index contributed by atoms with van der Waals surface area (Å²) in [6.07, 6.45) is 34.7. The third-order valence-electron chi connectivity index (χ3n) is 16.5. The van der Waals surface area contributed by atoms with Crippen molar-refractivity contribution >= 4 is 19.6 Å². The number of hydrogen-bond acceptors (Lipinski definition) is 13. The Labute approximate surface area is 504 Å². The van der Waals surface area contributed by atoms with Crippen LogP contribution in [0.3, 0.4) is 0 Å². The van der Waals surface area contributed by atoms with Gasteiger partial charge in [-0.25, -0.2) is 4.57 Å². The Morgan fingerprint density at radius 3 is 1.35 bits per heavy atom. The Morgan fingerprint density at radius 1 is 0.494 bits per heavy atom. The molecule has 0 bridgehead atoms. The van der Waals surface area contributed by atoms with E-state index in [-0.39, 0.29) is 51.4 Å². The molecule has 0 aromatic carbocycles. The van der Waals surface area contributed by atoms with E-state index < -0.39 is 87.7 Å². The van der Waals surface area contributed by atoms with E-state index in [4.69, 9.17) is 28.2 Å². The van der Waals surface area contributed by atoms with Crippen LogP contribution in [0.2, 0.25) is 0 Å². The fourth-order valence-electron chi connectivity index (χ4n) is 11.3. The van der Waals surface area contributed by atoms with E-state index in [1.54, 1.807) is 0 Å². The number of carbonyl (C=O) groups excluding carboxylic acids is 2. The molecule has 2 saturated heterocycles. The first-order valence-electron chi connectivity index (χ1n) is 34.1. The summed E-state index contributed by atoms with van der Waals surface area (Å²) in [4.78, 5) is 47.9. The maximum absolute atomic E-state index is 13.9. The highest BCUT2D eigenvalue weighted by atomic mass is 31.2. The number of hydrogen-bond donors (Lipinski definition) is 8. The number of amides is 2. The highest BCUT2D eigenvalue weighted by molar-refractivity contribution is 7.46. The Kier molecular flexibility index (Phi) is 47.9. The van der Waals surface area contributed by atoms with Gasteiger partial charge in [0.25, 0.3) is 0 Å². The number of phosphoric acid groups is 1. The molecule has 0 radical (unpaired) electrons. The summed E-state index contributed by atoms with van der Waals surface area (Å²) in [5, 5.41) is 50.8. The van der Waals surface area contributed by atoms with Gasteiger partial charge < -0.3 is 64.5 Å². The van der Waals surface area contributed by atoms with Crippen LogP contribution in [0.1, 0.15) is 297 Å². The molecule has 0 aromatic rings. The van der Waals surface area contributed by atoms with Crippen molar-refractivity contribution in [3.05, 3.63) is 12.2 Å². The van der Waals surface area contributed by atoms with Crippen LogP contribution in [0.25, 0.3) is 0 Å². The molecule has 2 amide bonds. The Morgan fingerprint density at radius 2 is 0.880 bits per heavy atom. The molecule has 0 spiro atoms. The second-order valence-corrected chi connectivity index (χ2v) is 25.3. The van der Waals surface area contributed by atoms with Gasteiger partial charge in [-0.1, -0.05) is 232 Å². The van der Waals surface area contributed by atoms with Crippen LogP contribution in [0, 0.1) is 0 Å². The summed E-state index contributed by atoms with van der Waals surface area (Å²) in [7, 11) is -5.26. The van der Waals surface area contributed by atoms with E-state index in [0.29, 0.717) is 25.7 Å². The molecule has 83 heavy (non-hydrogen) atoms. The number of rotatable bonds is 56. The quantitative estimate of drug-likeness (QED) is 0.0160. The van der Waals surface area contributed by atoms with Gasteiger partial charge in [0.05, 0.1) is 18.8 Å². The lowest BCUT2D eigenvalue weighted by Gasteiger charge is -2.47. The molecule has 490 valence electrons. The monoisotopic (exact) mass is 1200 g/mol. The lowest BCUT2D eigenvalue weighted by Crippen LogP contribution is -2.67. The van der Waals surface area contributed by atoms with Crippen LogP contribution in [-0.4, -0.2) is 136 Å². The summed E-state index contributed by atoms with van der Waals surface area (Å²) >= 11 is 0. The van der Waals surface area contributed by atoms with Crippen LogP contribution >= 0.6 is 7.82 Å². The fourth-order valence-corrected chi connectivity index (χ4v) is 11.8. The molecular formula is C65H125N2O15P. The highest BCUT2D eigenvalue weighted by Crippen LogP contribution is 2.41. The number of carbonyl (C=O) groups is 2. The van der Waals surface area contributed by atoms with Crippen molar-refractivity contribution in [3.8, 4) is 0 Å². The normalized spacial score (nSPS) is 23.5. The predicted octanol–water partition coefficient (Wildman–Crippen LogP) is 13.4. The molecule has 2 aliphatic rings. The molecule has 0 aliphatic carbocycles. The average Bonchev–Trinajstić information content (AvgIpc) is 3.22. The lowest BCUT2D eigenvalue weighted by atomic mass is 9.94. The predicted molar refractivity (Wildman–Crippen MR) is 331 cm³/mol. The number of aliphatic hydroxyl groups is 4. The van der Waals surface area contributed by atoms with Gasteiger partial charge in [-0.2, -0.15) is 0 Å². The molecule has 11 atom stereocenters. The van der Waals surface area contributed by atoms with Crippen molar-refractivity contribution in [1.29, 1.82) is 0 Å². The lowest BCUT2D eigenvalue weighted by molar-refractivity contribution is -0.300. The number of allylic oxidation sites excluding steroid dienone is 2. The van der Waals surface area contributed by atoms with Crippen LogP contribution < -0.4 is 10.6 Å². The van der Waals surface area contributed by atoms with Crippen LogP contribution in [-0.2, 0) is 42.4 Å². The van der Waals surface area contributed by atoms with E-state index in [1.807, 2.05) is 0 Å². The summed E-state index contributed by atoms with van der Waals surface area (Å²) in [5.41, 5.74) is 0. The molecule has 2 rings (SSSR count). The summed E-state index contributed by atoms with van der Waals surface area (Å²) in [6.45, 7) is 8.20. The van der Waals surface area contributed by atoms with Gasteiger partial charge >= 0.3 is 7.82 Å². The molecule has 0 aromatic heterocycles. The summed E-state index contributed by atoms with van der Waals surface area (Å²) in [5.74, 6) is -0.709. The van der Waals surface area contributed by atoms with Gasteiger partial charge in [-0.15, -0.1) is 0 Å². The van der Waals surface area contributed by atoms with Gasteiger partial charge in [0.15, 0.2) is 12.6 Å². The van der Waals surface area contributed by atoms with Crippen LogP contribution in [0.5, 0.6) is 0 Å². The molecule has 1 unspecified atom stereocenters. The first-order valence-corrected chi connectivity index (χ1v) is 35.6. The van der Waals surface area contributed by atoms with E-state index in [0.717, 1.165) is 128 Å². The number of nitrogens with one attached hydrogen (secondary N) is 2. The van der Waals surface area contributed by atoms with Crippen molar-refractivity contribution in [2.24, 2.45) is 0 Å². The molecule has 8 N–H and O–H groups in total. The minimum absolute atomic E-state index is 0.00621. The van der Waals surface area contributed by atoms with Gasteiger partial charge in [0.2, 0.25) is 11.8 Å². The SMILES string of the molecule is CCCCCC/C=C\CCCCCCCCCC(=O)N[C@H]1[C@H](OC[C@H]2O[C@H](OP(=O)(O)O)[C@H](NC(=O)CCCCCCCCCCCCC)[C@@H](OCCCCCCCCCC)[C@@H]2O)O[C@H](CCO)[C@@H](O)[C@@H]1OCCC(O)CCCCCCC. The van der Waals surface area contributed by atoms with Crippen LogP contribution in [0.15, 0.2) is 12.2 Å². The topological polar surface area (TPSA) is 252 Å². The van der Waals surface area contributed by atoms with Crippen molar-refractivity contribution in [1.82, 2.24) is 10.6 Å². The Hall–Kier alpha value is -1.57. The molecule has 0 saturated carbocycles. The minimum atomic E-state index is -5.26. The van der Waals surface area contributed by atoms with E-state index in [1.165, 1.54) is 89.9 Å². The Balaban J connectivity index is 2.28. The average molecular weight is 1210 g/mol. The zero-order valence-electron chi connectivity index (χ0n) is 52.8. The maximum Gasteiger partial charge on any atom is 0.472 e. The number of aliphatic hydroxyl groups excluding tert-OH is 4. The molecule has 17 nitrogen and oxygen atoms in total. The smallest absolute Gasteiger partial charge is 0.396 e. The second kappa shape index (κ2) is 51.3. The fraction of sp³-hybridized carbons (Fsp3) is 0.938. The summed E-state index contributed by atoms with van der Waals surface area (Å²) < 4.78 is 49.5. The molecule has 2 aliphatic heterocycles. The van der Waals surface area contributed by atoms with Gasteiger partial charge in [-0.3, -0.25) is 14.1 Å². The third-order valence-corrected chi connectivity index (χ3v) is 16.9. The maximum atomic E-state index is 13.9. The van der Waals surface area contributed by atoms with E-state index in [9.17, 15) is 44.4 Å². The highest BCUT2D eigenvalue weighted by Gasteiger charge is 2.51. The zero-order chi connectivity index (χ0) is 60.6. The van der Waals surface area contributed by atoms with Crippen LogP contribution in [0.4, 0.5) is 0 Å². The molecule has 2 fully saturated rings. The minimum Gasteiger partial charge on any atom is -0.396 e. The van der Waals surface area contributed by atoms with Crippen molar-refractivity contribution in [3.63, 3.8) is 0 Å². The molecule has 2 heterocycles. The van der Waals surface area contributed by atoms with Crippen molar-refractivity contribution < 1.29 is 72.6 Å². The van der Waals surface area contributed by atoms with E-state index in [2.05, 4.69) is 50.5 Å². The zero-order valence-corrected chi connectivity index (χ0v) is 53.7. The number of unbranched alkanes of at least 4 members (excludes halogenated alkanes) is 32. The largest absolute Gasteiger partial charge is 0.472 e. The van der Waals surface area contributed by atoms with E-state index >= 15 is 0 Å². The van der Waals surface area contributed by atoms with Crippen molar-refractivity contribution in [2.75, 3.05) is 26.4 Å². The standard InChI is InChI=1S/C65H125N2O15P/c1-5-9-13-17-20-23-25-26-27-28-30-32-34-37-41-45-56(70)66-58-62(78-51-48-53(69)44-40-36-16-12-8-4)60(72)54(47-49-68)80-64(58)79-52-55-61(73)63(77-50-43-39-35-22-19-15-11-7-3)59(65(81-55)82-83(74,75)76)67-57(71)46-42-38-33-31-29-24-21-18-14-10-6-2/h23,25,53-55,58-65,68-69,72-73H,5-22,24,26-52H2,1-4H3,(H,66,70)(H,67,71)(H2,74,75,76)/b25-23-/t53?,54-,55-,58-,59-,60-,61-,62-,63-,64-,65-/m1/s1. The first kappa shape index (κ1) is 77.5. The molecule has 18 heteroatoms. The molecular weight excluding hydrogens is 1080 g/mol. The number of phosphoric ester groups is 1. The summed E-state index contributed by atoms with van der Waals surface area (Å²) in [6, 6.07) is -2.42. The van der Waals surface area contributed by atoms with Gasteiger partial charge in [0, 0.05) is 32.7 Å². The van der Waals surface area contributed by atoms with Gasteiger partial charge in [-0.05, 0) is 64.2 Å². The third kappa shape index (κ3) is 38.5. The number of ether oxygens (including phenoxy) is 5. The first-order chi connectivity index (χ1) is 40.3. The van der Waals surface area contributed by atoms with Crippen molar-refractivity contribution in [2.45, 2.75) is 365 Å². The van der Waals surface area contributed by atoms with Gasteiger partial charge in [0.1, 0.15) is 42.6 Å².